The Bertz CT molecular complexity index is 715. The van der Waals surface area contributed by atoms with Gasteiger partial charge in [-0.05, 0) is 30.4 Å². The third kappa shape index (κ3) is 4.45. The molecule has 2 aromatic carbocycles. The van der Waals surface area contributed by atoms with Gasteiger partial charge in [-0.3, -0.25) is 9.59 Å². The standard InChI is InChI=1S/C18H21ClN2O2/c1-12(21-18(23)9-5-8-17(22)20-2)13-10-11-16(19)15-7-4-3-6-14(13)15/h3-4,6-7,10-12H,5,8-9H2,1-2H3,(H,20,22)(H,21,23)/t12-/m0/s1. The summed E-state index contributed by atoms with van der Waals surface area (Å²) in [5.41, 5.74) is 1.03. The zero-order valence-corrected chi connectivity index (χ0v) is 14.1. The summed E-state index contributed by atoms with van der Waals surface area (Å²) in [4.78, 5) is 23.2. The van der Waals surface area contributed by atoms with E-state index in [9.17, 15) is 9.59 Å². The largest absolute Gasteiger partial charge is 0.359 e. The molecule has 0 aliphatic carbocycles. The summed E-state index contributed by atoms with van der Waals surface area (Å²) in [7, 11) is 1.59. The first-order chi connectivity index (χ1) is 11.0. The smallest absolute Gasteiger partial charge is 0.220 e. The Kier molecular flexibility index (Phi) is 5.99. The molecule has 0 aromatic heterocycles. The van der Waals surface area contributed by atoms with Gasteiger partial charge in [0.25, 0.3) is 0 Å². The fourth-order valence-electron chi connectivity index (χ4n) is 2.59. The van der Waals surface area contributed by atoms with E-state index in [4.69, 9.17) is 11.6 Å². The molecule has 0 aliphatic heterocycles. The van der Waals surface area contributed by atoms with Gasteiger partial charge in [-0.1, -0.05) is 41.9 Å². The maximum Gasteiger partial charge on any atom is 0.220 e. The molecule has 2 aromatic rings. The van der Waals surface area contributed by atoms with Gasteiger partial charge < -0.3 is 10.6 Å². The molecule has 4 nitrogen and oxygen atoms in total. The molecule has 0 unspecified atom stereocenters. The van der Waals surface area contributed by atoms with Gasteiger partial charge in [0, 0.05) is 30.3 Å². The van der Waals surface area contributed by atoms with Crippen LogP contribution in [-0.4, -0.2) is 18.9 Å². The van der Waals surface area contributed by atoms with Crippen molar-refractivity contribution < 1.29 is 9.59 Å². The molecular weight excluding hydrogens is 312 g/mol. The van der Waals surface area contributed by atoms with Crippen molar-refractivity contribution >= 4 is 34.2 Å². The molecule has 2 amide bonds. The van der Waals surface area contributed by atoms with Gasteiger partial charge in [-0.25, -0.2) is 0 Å². The lowest BCUT2D eigenvalue weighted by molar-refractivity contribution is -0.122. The first kappa shape index (κ1) is 17.3. The van der Waals surface area contributed by atoms with Crippen LogP contribution >= 0.6 is 11.6 Å². The van der Waals surface area contributed by atoms with Crippen LogP contribution in [0.1, 0.15) is 37.8 Å². The van der Waals surface area contributed by atoms with Crippen LogP contribution in [0.2, 0.25) is 5.02 Å². The molecule has 23 heavy (non-hydrogen) atoms. The van der Waals surface area contributed by atoms with E-state index in [1.54, 1.807) is 7.05 Å². The van der Waals surface area contributed by atoms with Gasteiger partial charge in [0.2, 0.25) is 11.8 Å². The summed E-state index contributed by atoms with van der Waals surface area (Å²) >= 11 is 6.23. The summed E-state index contributed by atoms with van der Waals surface area (Å²) < 4.78 is 0. The molecule has 2 N–H and O–H groups in total. The second-order valence-corrected chi connectivity index (χ2v) is 5.91. The van der Waals surface area contributed by atoms with E-state index in [0.29, 0.717) is 24.3 Å². The van der Waals surface area contributed by atoms with E-state index in [1.807, 2.05) is 43.3 Å². The number of benzene rings is 2. The summed E-state index contributed by atoms with van der Waals surface area (Å²) in [5, 5.41) is 8.25. The van der Waals surface area contributed by atoms with Crippen molar-refractivity contribution in [2.24, 2.45) is 0 Å². The van der Waals surface area contributed by atoms with Crippen LogP contribution in [0.4, 0.5) is 0 Å². The van der Waals surface area contributed by atoms with Crippen molar-refractivity contribution in [3.63, 3.8) is 0 Å². The molecule has 1 atom stereocenters. The predicted molar refractivity (Wildman–Crippen MR) is 93.4 cm³/mol. The molecule has 0 aliphatic rings. The van der Waals surface area contributed by atoms with Crippen molar-refractivity contribution in [3.05, 3.63) is 47.0 Å². The lowest BCUT2D eigenvalue weighted by atomic mass is 9.99. The Labute approximate surface area is 141 Å². The molecule has 0 heterocycles. The lowest BCUT2D eigenvalue weighted by Gasteiger charge is -2.17. The Morgan fingerprint density at radius 1 is 1.04 bits per heavy atom. The Morgan fingerprint density at radius 3 is 2.39 bits per heavy atom. The highest BCUT2D eigenvalue weighted by Crippen LogP contribution is 2.29. The number of rotatable bonds is 6. The minimum atomic E-state index is -0.121. The van der Waals surface area contributed by atoms with Crippen LogP contribution in [0.3, 0.4) is 0 Å². The van der Waals surface area contributed by atoms with Gasteiger partial charge in [-0.2, -0.15) is 0 Å². The number of nitrogens with one attached hydrogen (secondary N) is 2. The first-order valence-electron chi connectivity index (χ1n) is 7.70. The minimum absolute atomic E-state index is 0.0467. The van der Waals surface area contributed by atoms with Crippen LogP contribution < -0.4 is 10.6 Å². The normalized spacial score (nSPS) is 12.0. The fourth-order valence-corrected chi connectivity index (χ4v) is 2.82. The molecule has 0 spiro atoms. The molecule has 0 saturated heterocycles. The molecular formula is C18H21ClN2O2. The third-order valence-corrected chi connectivity index (χ3v) is 4.16. The van der Waals surface area contributed by atoms with Gasteiger partial charge in [-0.15, -0.1) is 0 Å². The molecule has 2 rings (SSSR count). The number of amides is 2. The highest BCUT2D eigenvalue weighted by Gasteiger charge is 2.13. The quantitative estimate of drug-likeness (QED) is 0.849. The maximum absolute atomic E-state index is 12.0. The lowest BCUT2D eigenvalue weighted by Crippen LogP contribution is -2.27. The predicted octanol–water partition coefficient (Wildman–Crippen LogP) is 3.59. The number of hydrogen-bond donors (Lipinski definition) is 2. The average molecular weight is 333 g/mol. The molecule has 122 valence electrons. The topological polar surface area (TPSA) is 58.2 Å². The van der Waals surface area contributed by atoms with Crippen molar-refractivity contribution in [2.75, 3.05) is 7.05 Å². The summed E-state index contributed by atoms with van der Waals surface area (Å²) in [6.07, 6.45) is 1.24. The molecule has 0 fully saturated rings. The summed E-state index contributed by atoms with van der Waals surface area (Å²) in [6.45, 7) is 1.95. The van der Waals surface area contributed by atoms with Crippen LogP contribution in [0.5, 0.6) is 0 Å². The monoisotopic (exact) mass is 332 g/mol. The van der Waals surface area contributed by atoms with Gasteiger partial charge in [0.05, 0.1) is 6.04 Å². The minimum Gasteiger partial charge on any atom is -0.359 e. The molecule has 0 bridgehead atoms. The van der Waals surface area contributed by atoms with E-state index in [0.717, 1.165) is 16.3 Å². The van der Waals surface area contributed by atoms with E-state index in [2.05, 4.69) is 10.6 Å². The van der Waals surface area contributed by atoms with Crippen molar-refractivity contribution in [1.82, 2.24) is 10.6 Å². The summed E-state index contributed by atoms with van der Waals surface area (Å²) in [6, 6.07) is 11.6. The zero-order chi connectivity index (χ0) is 16.8. The van der Waals surface area contributed by atoms with Crippen LogP contribution in [0, 0.1) is 0 Å². The number of carbonyl (C=O) groups is 2. The second kappa shape index (κ2) is 7.97. The number of halogens is 1. The van der Waals surface area contributed by atoms with E-state index in [-0.39, 0.29) is 17.9 Å². The van der Waals surface area contributed by atoms with Crippen LogP contribution in [0.15, 0.2) is 36.4 Å². The number of fused-ring (bicyclic) bond motifs is 1. The van der Waals surface area contributed by atoms with Gasteiger partial charge in [0.15, 0.2) is 0 Å². The van der Waals surface area contributed by atoms with Crippen molar-refractivity contribution in [2.45, 2.75) is 32.2 Å². The van der Waals surface area contributed by atoms with E-state index >= 15 is 0 Å². The molecule has 0 radical (unpaired) electrons. The van der Waals surface area contributed by atoms with Gasteiger partial charge in [0.1, 0.15) is 0 Å². The van der Waals surface area contributed by atoms with Crippen molar-refractivity contribution in [1.29, 1.82) is 0 Å². The van der Waals surface area contributed by atoms with Gasteiger partial charge >= 0.3 is 0 Å². The van der Waals surface area contributed by atoms with Crippen LogP contribution in [-0.2, 0) is 9.59 Å². The number of carbonyl (C=O) groups excluding carboxylic acids is 2. The second-order valence-electron chi connectivity index (χ2n) is 5.50. The molecule has 0 saturated carbocycles. The first-order valence-corrected chi connectivity index (χ1v) is 8.08. The molecule has 5 heteroatoms. The Morgan fingerprint density at radius 2 is 1.70 bits per heavy atom. The number of hydrogen-bond acceptors (Lipinski definition) is 2. The average Bonchev–Trinajstić information content (AvgIpc) is 2.55. The zero-order valence-electron chi connectivity index (χ0n) is 13.4. The van der Waals surface area contributed by atoms with Crippen molar-refractivity contribution in [3.8, 4) is 0 Å². The summed E-state index contributed by atoms with van der Waals surface area (Å²) in [5.74, 6) is -0.102. The highest BCUT2D eigenvalue weighted by molar-refractivity contribution is 6.35. The Hall–Kier alpha value is -2.07. The van der Waals surface area contributed by atoms with Crippen LogP contribution in [0.25, 0.3) is 10.8 Å². The van der Waals surface area contributed by atoms with E-state index in [1.165, 1.54) is 0 Å². The fraction of sp³-hybridized carbons (Fsp3) is 0.333. The maximum atomic E-state index is 12.0. The Balaban J connectivity index is 2.04. The highest BCUT2D eigenvalue weighted by atomic mass is 35.5. The SMILES string of the molecule is CNC(=O)CCCC(=O)N[C@@H](C)c1ccc(Cl)c2ccccc12. The third-order valence-electron chi connectivity index (χ3n) is 3.84. The van der Waals surface area contributed by atoms with E-state index < -0.39 is 0 Å².